The summed E-state index contributed by atoms with van der Waals surface area (Å²) in [6, 6.07) is 5.45. The van der Waals surface area contributed by atoms with Crippen LogP contribution in [-0.4, -0.2) is 36.4 Å². The molecule has 1 saturated heterocycles. The summed E-state index contributed by atoms with van der Waals surface area (Å²) < 4.78 is 6.28. The number of halogens is 1. The van der Waals surface area contributed by atoms with E-state index in [1.807, 2.05) is 26.0 Å². The third-order valence-corrected chi connectivity index (χ3v) is 3.63. The van der Waals surface area contributed by atoms with Gasteiger partial charge in [0.05, 0.1) is 23.5 Å². The molecule has 0 bridgehead atoms. The summed E-state index contributed by atoms with van der Waals surface area (Å²) in [7, 11) is 0. The van der Waals surface area contributed by atoms with Crippen LogP contribution in [0.15, 0.2) is 22.7 Å². The number of ether oxygens (including phenoxy) is 1. The van der Waals surface area contributed by atoms with Gasteiger partial charge in [-0.05, 0) is 41.9 Å². The lowest BCUT2D eigenvalue weighted by Gasteiger charge is -2.37. The number of carbonyl (C=O) groups is 1. The van der Waals surface area contributed by atoms with Gasteiger partial charge in [0, 0.05) is 17.6 Å². The first-order valence-corrected chi connectivity index (χ1v) is 6.70. The second-order valence-corrected chi connectivity index (χ2v) is 5.46. The fraction of sp³-hybridized carbons (Fsp3) is 0.462. The average Bonchev–Trinajstić information content (AvgIpc) is 2.26. The zero-order valence-corrected chi connectivity index (χ0v) is 12.0. The topological polar surface area (TPSA) is 49.8 Å². The van der Waals surface area contributed by atoms with Crippen LogP contribution >= 0.6 is 15.9 Å². The summed E-state index contributed by atoms with van der Waals surface area (Å²) in [5.41, 5.74) is 1.07. The van der Waals surface area contributed by atoms with E-state index in [0.717, 1.165) is 5.69 Å². The van der Waals surface area contributed by atoms with E-state index in [9.17, 15) is 9.90 Å². The molecule has 1 fully saturated rings. The number of benzene rings is 1. The lowest BCUT2D eigenvalue weighted by molar-refractivity contribution is -0.00532. The quantitative estimate of drug-likeness (QED) is 0.912. The maximum absolute atomic E-state index is 11.4. The Labute approximate surface area is 115 Å². The van der Waals surface area contributed by atoms with Gasteiger partial charge in [-0.1, -0.05) is 6.07 Å². The van der Waals surface area contributed by atoms with Crippen molar-refractivity contribution in [1.29, 1.82) is 0 Å². The third kappa shape index (κ3) is 2.67. The molecule has 0 saturated carbocycles. The zero-order chi connectivity index (χ0) is 13.3. The molecule has 0 radical (unpaired) electrons. The molecular weight excluding hydrogens is 298 g/mol. The van der Waals surface area contributed by atoms with E-state index < -0.39 is 5.97 Å². The Hall–Kier alpha value is -1.07. The Morgan fingerprint density at radius 3 is 2.56 bits per heavy atom. The van der Waals surface area contributed by atoms with Crippen LogP contribution in [0.3, 0.4) is 0 Å². The number of nitrogens with zero attached hydrogens (tertiary/aromatic N) is 1. The van der Waals surface area contributed by atoms with Gasteiger partial charge in [-0.3, -0.25) is 0 Å². The molecule has 1 aromatic carbocycles. The van der Waals surface area contributed by atoms with Gasteiger partial charge in [0.25, 0.3) is 0 Å². The highest BCUT2D eigenvalue weighted by atomic mass is 79.9. The van der Waals surface area contributed by atoms with E-state index in [0.29, 0.717) is 23.1 Å². The van der Waals surface area contributed by atoms with Gasteiger partial charge < -0.3 is 14.7 Å². The van der Waals surface area contributed by atoms with E-state index in [-0.39, 0.29) is 12.2 Å². The molecule has 1 N–H and O–H groups in total. The van der Waals surface area contributed by atoms with Crippen molar-refractivity contribution in [2.45, 2.75) is 26.1 Å². The lowest BCUT2D eigenvalue weighted by Crippen LogP contribution is -2.46. The molecule has 98 valence electrons. The summed E-state index contributed by atoms with van der Waals surface area (Å²) in [4.78, 5) is 13.4. The normalized spacial score (nSPS) is 24.1. The highest BCUT2D eigenvalue weighted by molar-refractivity contribution is 9.10. The van der Waals surface area contributed by atoms with Crippen LogP contribution in [0.2, 0.25) is 0 Å². The van der Waals surface area contributed by atoms with Crippen molar-refractivity contribution in [2.24, 2.45) is 0 Å². The van der Waals surface area contributed by atoms with Crippen LogP contribution in [0.25, 0.3) is 0 Å². The lowest BCUT2D eigenvalue weighted by atomic mass is 10.1. The predicted octanol–water partition coefficient (Wildman–Crippen LogP) is 2.76. The number of hydrogen-bond acceptors (Lipinski definition) is 3. The van der Waals surface area contributed by atoms with Crippen molar-refractivity contribution in [3.05, 3.63) is 28.2 Å². The molecule has 0 aromatic heterocycles. The number of anilines is 1. The zero-order valence-electron chi connectivity index (χ0n) is 10.4. The molecule has 1 aliphatic heterocycles. The second kappa shape index (κ2) is 5.28. The highest BCUT2D eigenvalue weighted by Crippen LogP contribution is 2.29. The van der Waals surface area contributed by atoms with E-state index in [1.165, 1.54) is 0 Å². The number of aromatic carboxylic acids is 1. The fourth-order valence-electron chi connectivity index (χ4n) is 2.36. The molecule has 18 heavy (non-hydrogen) atoms. The van der Waals surface area contributed by atoms with Crippen molar-refractivity contribution in [1.82, 2.24) is 0 Å². The minimum atomic E-state index is -0.913. The first-order chi connectivity index (χ1) is 8.49. The Morgan fingerprint density at radius 1 is 1.39 bits per heavy atom. The van der Waals surface area contributed by atoms with Gasteiger partial charge in [-0.15, -0.1) is 0 Å². The van der Waals surface area contributed by atoms with Crippen LogP contribution in [0.1, 0.15) is 24.2 Å². The van der Waals surface area contributed by atoms with Crippen molar-refractivity contribution >= 4 is 27.6 Å². The molecule has 2 unspecified atom stereocenters. The largest absolute Gasteiger partial charge is 0.478 e. The summed E-state index contributed by atoms with van der Waals surface area (Å²) in [6.45, 7) is 5.42. The maximum atomic E-state index is 11.4. The van der Waals surface area contributed by atoms with Crippen LogP contribution in [0.4, 0.5) is 5.69 Å². The summed E-state index contributed by atoms with van der Waals surface area (Å²) in [5.74, 6) is -0.913. The van der Waals surface area contributed by atoms with Crippen LogP contribution in [0, 0.1) is 0 Å². The van der Waals surface area contributed by atoms with Crippen molar-refractivity contribution in [2.75, 3.05) is 18.0 Å². The minimum Gasteiger partial charge on any atom is -0.478 e. The van der Waals surface area contributed by atoms with Crippen molar-refractivity contribution in [3.8, 4) is 0 Å². The second-order valence-electron chi connectivity index (χ2n) is 4.60. The molecule has 0 spiro atoms. The molecular formula is C13H16BrNO3. The molecule has 1 heterocycles. The summed E-state index contributed by atoms with van der Waals surface area (Å²) in [6.07, 6.45) is 0.212. The number of hydrogen-bond donors (Lipinski definition) is 1. The standard InChI is InChI=1S/C13H16BrNO3/c1-8-6-15(7-9(2)18-8)11-5-3-4-10(14)12(11)13(16)17/h3-5,8-9H,6-7H2,1-2H3,(H,16,17). The van der Waals surface area contributed by atoms with Crippen molar-refractivity contribution in [3.63, 3.8) is 0 Å². The number of morpholine rings is 1. The van der Waals surface area contributed by atoms with E-state index in [1.54, 1.807) is 6.07 Å². The van der Waals surface area contributed by atoms with Gasteiger partial charge in [0.15, 0.2) is 0 Å². The molecule has 2 atom stereocenters. The molecule has 5 heteroatoms. The molecule has 1 aromatic rings. The van der Waals surface area contributed by atoms with Crippen molar-refractivity contribution < 1.29 is 14.6 Å². The van der Waals surface area contributed by atoms with Gasteiger partial charge in [0.2, 0.25) is 0 Å². The molecule has 1 aliphatic rings. The van der Waals surface area contributed by atoms with E-state index in [4.69, 9.17) is 4.74 Å². The monoisotopic (exact) mass is 313 g/mol. The first kappa shape index (κ1) is 13.4. The number of carboxylic acid groups (broad SMARTS) is 1. The van der Waals surface area contributed by atoms with Gasteiger partial charge >= 0.3 is 5.97 Å². The maximum Gasteiger partial charge on any atom is 0.338 e. The summed E-state index contributed by atoms with van der Waals surface area (Å²) in [5, 5.41) is 9.32. The highest BCUT2D eigenvalue weighted by Gasteiger charge is 2.26. The SMILES string of the molecule is CC1CN(c2cccc(Br)c2C(=O)O)CC(C)O1. The van der Waals surface area contributed by atoms with E-state index in [2.05, 4.69) is 20.8 Å². The van der Waals surface area contributed by atoms with E-state index >= 15 is 0 Å². The van der Waals surface area contributed by atoms with Gasteiger partial charge in [-0.25, -0.2) is 4.79 Å². The number of rotatable bonds is 2. The van der Waals surface area contributed by atoms with Crippen LogP contribution < -0.4 is 4.90 Å². The first-order valence-electron chi connectivity index (χ1n) is 5.91. The fourth-order valence-corrected chi connectivity index (χ4v) is 2.89. The molecule has 2 rings (SSSR count). The average molecular weight is 314 g/mol. The summed E-state index contributed by atoms with van der Waals surface area (Å²) >= 11 is 3.31. The van der Waals surface area contributed by atoms with Crippen LogP contribution in [0.5, 0.6) is 0 Å². The number of carboxylic acids is 1. The van der Waals surface area contributed by atoms with Gasteiger partial charge in [-0.2, -0.15) is 0 Å². The van der Waals surface area contributed by atoms with Gasteiger partial charge in [0.1, 0.15) is 0 Å². The van der Waals surface area contributed by atoms with Crippen LogP contribution in [-0.2, 0) is 4.74 Å². The Bertz CT molecular complexity index is 454. The smallest absolute Gasteiger partial charge is 0.338 e. The Balaban J connectivity index is 2.38. The Kier molecular flexibility index (Phi) is 3.92. The predicted molar refractivity (Wildman–Crippen MR) is 73.3 cm³/mol. The molecule has 0 aliphatic carbocycles. The minimum absolute atomic E-state index is 0.106. The Morgan fingerprint density at radius 2 is 2.00 bits per heavy atom. The molecule has 4 nitrogen and oxygen atoms in total. The molecule has 0 amide bonds. The third-order valence-electron chi connectivity index (χ3n) is 2.97.